The molecule has 106 valence electrons. The van der Waals surface area contributed by atoms with Crippen LogP contribution < -0.4 is 0 Å². The summed E-state index contributed by atoms with van der Waals surface area (Å²) in [5.74, 6) is -4.51. The first-order valence-corrected chi connectivity index (χ1v) is 6.06. The van der Waals surface area contributed by atoms with Crippen LogP contribution in [0.4, 0.5) is 22.0 Å². The van der Waals surface area contributed by atoms with Crippen LogP contribution in [0, 0.1) is 5.92 Å². The minimum absolute atomic E-state index is 0.0308. The van der Waals surface area contributed by atoms with Crippen molar-refractivity contribution < 1.29 is 27.1 Å². The molecule has 1 saturated carbocycles. The Kier molecular flexibility index (Phi) is 3.57. The van der Waals surface area contributed by atoms with Crippen molar-refractivity contribution in [1.29, 1.82) is 0 Å². The van der Waals surface area contributed by atoms with E-state index in [1.807, 2.05) is 0 Å². The molecule has 3 unspecified atom stereocenters. The molecule has 0 aromatic carbocycles. The van der Waals surface area contributed by atoms with Gasteiger partial charge in [0, 0.05) is 19.0 Å². The van der Waals surface area contributed by atoms with Crippen LogP contribution in [-0.2, 0) is 0 Å². The zero-order valence-corrected chi connectivity index (χ0v) is 9.76. The lowest BCUT2D eigenvalue weighted by atomic mass is 9.81. The zero-order chi connectivity index (χ0) is 13.6. The van der Waals surface area contributed by atoms with Crippen LogP contribution >= 0.6 is 0 Å². The van der Waals surface area contributed by atoms with E-state index in [1.54, 1.807) is 0 Å². The third-order valence-corrected chi connectivity index (χ3v) is 3.88. The number of alkyl halides is 5. The van der Waals surface area contributed by atoms with Gasteiger partial charge >= 0.3 is 6.18 Å². The summed E-state index contributed by atoms with van der Waals surface area (Å²) in [7, 11) is 0. The molecule has 2 fully saturated rings. The molecule has 1 N–H and O–H groups in total. The molecule has 2 nitrogen and oxygen atoms in total. The van der Waals surface area contributed by atoms with Gasteiger partial charge in [0.05, 0.1) is 18.6 Å². The molecule has 0 spiro atoms. The third kappa shape index (κ3) is 2.93. The number of aliphatic hydroxyl groups is 1. The van der Waals surface area contributed by atoms with Gasteiger partial charge in [0.1, 0.15) is 0 Å². The monoisotopic (exact) mass is 273 g/mol. The predicted octanol–water partition coefficient (Wildman–Crippen LogP) is 2.42. The summed E-state index contributed by atoms with van der Waals surface area (Å²) in [6, 6.07) is -1.01. The van der Waals surface area contributed by atoms with Crippen LogP contribution in [0.25, 0.3) is 0 Å². The van der Waals surface area contributed by atoms with Gasteiger partial charge in [-0.15, -0.1) is 0 Å². The maximum absolute atomic E-state index is 13.1. The molecule has 0 aromatic rings. The summed E-state index contributed by atoms with van der Waals surface area (Å²) < 4.78 is 64.8. The van der Waals surface area contributed by atoms with E-state index in [-0.39, 0.29) is 25.8 Å². The molecule has 2 rings (SSSR count). The van der Waals surface area contributed by atoms with E-state index in [4.69, 9.17) is 0 Å². The lowest BCUT2D eigenvalue weighted by Gasteiger charge is -2.40. The standard InChI is InChI=1S/C11H16F5NO/c12-10(13)3-4-17(6-10)9-5-7(18)1-2-8(9)11(14,15)16/h7-9,18H,1-6H2. The number of likely N-dealkylation sites (tertiary alicyclic amines) is 1. The second-order valence-electron chi connectivity index (χ2n) is 5.26. The summed E-state index contributed by atoms with van der Waals surface area (Å²) in [5.41, 5.74) is 0. The van der Waals surface area contributed by atoms with Gasteiger partial charge in [-0.3, -0.25) is 4.90 Å². The fourth-order valence-corrected chi connectivity index (χ4v) is 2.96. The summed E-state index contributed by atoms with van der Waals surface area (Å²) in [6.45, 7) is -0.659. The highest BCUT2D eigenvalue weighted by Gasteiger charge is 2.52. The van der Waals surface area contributed by atoms with E-state index in [2.05, 4.69) is 0 Å². The summed E-state index contributed by atoms with van der Waals surface area (Å²) in [5, 5.41) is 9.47. The molecule has 7 heteroatoms. The second kappa shape index (κ2) is 4.59. The molecule has 1 aliphatic heterocycles. The van der Waals surface area contributed by atoms with Gasteiger partial charge in [0.15, 0.2) is 0 Å². The van der Waals surface area contributed by atoms with E-state index >= 15 is 0 Å². The molecule has 18 heavy (non-hydrogen) atoms. The van der Waals surface area contributed by atoms with Crippen molar-refractivity contribution in [3.63, 3.8) is 0 Å². The maximum Gasteiger partial charge on any atom is 0.393 e. The molecule has 0 amide bonds. The summed E-state index contributed by atoms with van der Waals surface area (Å²) >= 11 is 0. The van der Waals surface area contributed by atoms with Crippen LogP contribution in [0.1, 0.15) is 25.7 Å². The van der Waals surface area contributed by atoms with Crippen LogP contribution in [0.2, 0.25) is 0 Å². The topological polar surface area (TPSA) is 23.5 Å². The Morgan fingerprint density at radius 2 is 1.83 bits per heavy atom. The zero-order valence-electron chi connectivity index (χ0n) is 9.76. The Bertz CT molecular complexity index is 306. The molecule has 1 saturated heterocycles. The molecular formula is C11H16F5NO. The van der Waals surface area contributed by atoms with Crippen molar-refractivity contribution in [1.82, 2.24) is 4.90 Å². The fourth-order valence-electron chi connectivity index (χ4n) is 2.96. The summed E-state index contributed by atoms with van der Waals surface area (Å²) in [6.07, 6.45) is -5.77. The first kappa shape index (κ1) is 14.0. The Morgan fingerprint density at radius 1 is 1.17 bits per heavy atom. The van der Waals surface area contributed by atoms with Crippen LogP contribution in [0.15, 0.2) is 0 Å². The maximum atomic E-state index is 13.1. The van der Waals surface area contributed by atoms with Crippen LogP contribution in [0.3, 0.4) is 0 Å². The van der Waals surface area contributed by atoms with Crippen molar-refractivity contribution in [2.24, 2.45) is 5.92 Å². The number of hydrogen-bond acceptors (Lipinski definition) is 2. The Morgan fingerprint density at radius 3 is 2.33 bits per heavy atom. The molecule has 2 aliphatic rings. The highest BCUT2D eigenvalue weighted by Crippen LogP contribution is 2.42. The number of halogens is 5. The van der Waals surface area contributed by atoms with Crippen molar-refractivity contribution in [3.05, 3.63) is 0 Å². The smallest absolute Gasteiger partial charge is 0.393 e. The van der Waals surface area contributed by atoms with Gasteiger partial charge in [-0.25, -0.2) is 8.78 Å². The Balaban J connectivity index is 2.11. The SMILES string of the molecule is OC1CCC(C(F)(F)F)C(N2CCC(F)(F)C2)C1. The Hall–Kier alpha value is -0.430. The number of nitrogens with zero attached hydrogens (tertiary/aromatic N) is 1. The number of hydrogen-bond donors (Lipinski definition) is 1. The fraction of sp³-hybridized carbons (Fsp3) is 1.00. The highest BCUT2D eigenvalue weighted by atomic mass is 19.4. The average Bonchev–Trinajstić information content (AvgIpc) is 2.57. The second-order valence-corrected chi connectivity index (χ2v) is 5.26. The number of rotatable bonds is 1. The van der Waals surface area contributed by atoms with E-state index in [0.29, 0.717) is 0 Å². The minimum atomic E-state index is -4.39. The van der Waals surface area contributed by atoms with Gasteiger partial charge in [-0.05, 0) is 19.3 Å². The molecule has 0 aromatic heterocycles. The quantitative estimate of drug-likeness (QED) is 0.742. The van der Waals surface area contributed by atoms with Crippen molar-refractivity contribution in [3.8, 4) is 0 Å². The van der Waals surface area contributed by atoms with Gasteiger partial charge in [-0.1, -0.05) is 0 Å². The first-order chi connectivity index (χ1) is 8.19. The first-order valence-electron chi connectivity index (χ1n) is 6.06. The molecular weight excluding hydrogens is 257 g/mol. The lowest BCUT2D eigenvalue weighted by Crippen LogP contribution is -2.50. The molecule has 0 radical (unpaired) electrons. The molecule has 1 aliphatic carbocycles. The third-order valence-electron chi connectivity index (χ3n) is 3.88. The van der Waals surface area contributed by atoms with Gasteiger partial charge in [-0.2, -0.15) is 13.2 Å². The molecule has 3 atom stereocenters. The minimum Gasteiger partial charge on any atom is -0.393 e. The van der Waals surface area contributed by atoms with Gasteiger partial charge in [0.25, 0.3) is 5.92 Å². The van der Waals surface area contributed by atoms with E-state index in [9.17, 15) is 27.1 Å². The normalized spacial score (nSPS) is 38.0. The molecule has 0 bridgehead atoms. The predicted molar refractivity (Wildman–Crippen MR) is 54.3 cm³/mol. The van der Waals surface area contributed by atoms with E-state index in [1.165, 1.54) is 4.90 Å². The van der Waals surface area contributed by atoms with Crippen LogP contribution in [0.5, 0.6) is 0 Å². The number of aliphatic hydroxyl groups excluding tert-OH is 1. The highest BCUT2D eigenvalue weighted by molar-refractivity contribution is 4.95. The van der Waals surface area contributed by atoms with E-state index in [0.717, 1.165) is 0 Å². The lowest BCUT2D eigenvalue weighted by molar-refractivity contribution is -0.205. The van der Waals surface area contributed by atoms with Crippen molar-refractivity contribution in [2.75, 3.05) is 13.1 Å². The van der Waals surface area contributed by atoms with E-state index < -0.39 is 43.1 Å². The van der Waals surface area contributed by atoms with Crippen molar-refractivity contribution in [2.45, 2.75) is 49.9 Å². The Labute approximate surface area is 102 Å². The van der Waals surface area contributed by atoms with Crippen LogP contribution in [-0.4, -0.2) is 47.3 Å². The van der Waals surface area contributed by atoms with Crippen molar-refractivity contribution >= 4 is 0 Å². The van der Waals surface area contributed by atoms with Gasteiger partial charge in [0.2, 0.25) is 0 Å². The summed E-state index contributed by atoms with van der Waals surface area (Å²) in [4.78, 5) is 1.19. The average molecular weight is 273 g/mol. The largest absolute Gasteiger partial charge is 0.393 e. The van der Waals surface area contributed by atoms with Gasteiger partial charge < -0.3 is 5.11 Å². The molecule has 1 heterocycles.